The second-order valence-electron chi connectivity index (χ2n) is 3.87. The van der Waals surface area contributed by atoms with Crippen LogP contribution < -0.4 is 4.72 Å². The number of sulfonamides is 1. The molecule has 2 aromatic rings. The summed E-state index contributed by atoms with van der Waals surface area (Å²) in [6, 6.07) is 9.37. The van der Waals surface area contributed by atoms with Crippen LogP contribution in [0.5, 0.6) is 0 Å². The van der Waals surface area contributed by atoms with Gasteiger partial charge in [-0.05, 0) is 30.3 Å². The van der Waals surface area contributed by atoms with Crippen molar-refractivity contribution in [2.24, 2.45) is 0 Å². The van der Waals surface area contributed by atoms with Gasteiger partial charge in [-0.25, -0.2) is 12.8 Å². The Balaban J connectivity index is 2.33. The van der Waals surface area contributed by atoms with Crippen molar-refractivity contribution in [3.05, 3.63) is 64.5 Å². The lowest BCUT2D eigenvalue weighted by Gasteiger charge is -2.07. The Morgan fingerprint density at radius 3 is 2.35 bits per heavy atom. The molecule has 6 nitrogen and oxygen atoms in total. The van der Waals surface area contributed by atoms with E-state index < -0.39 is 20.8 Å². The summed E-state index contributed by atoms with van der Waals surface area (Å²) in [5, 5.41) is 10.6. The van der Waals surface area contributed by atoms with Crippen molar-refractivity contribution in [2.75, 3.05) is 4.72 Å². The van der Waals surface area contributed by atoms with E-state index in [1.807, 2.05) is 0 Å². The summed E-state index contributed by atoms with van der Waals surface area (Å²) in [5.41, 5.74) is -0.162. The predicted octanol–water partition coefficient (Wildman–Crippen LogP) is 2.53. The maximum atomic E-state index is 12.7. The Kier molecular flexibility index (Phi) is 3.66. The summed E-state index contributed by atoms with van der Waals surface area (Å²) >= 11 is 0. The molecule has 0 heterocycles. The number of halogens is 1. The van der Waals surface area contributed by atoms with Crippen LogP contribution in [-0.4, -0.2) is 13.3 Å². The van der Waals surface area contributed by atoms with Gasteiger partial charge in [0.25, 0.3) is 15.7 Å². The highest BCUT2D eigenvalue weighted by Gasteiger charge is 2.17. The lowest BCUT2D eigenvalue weighted by molar-refractivity contribution is -0.385. The van der Waals surface area contributed by atoms with Crippen molar-refractivity contribution in [2.45, 2.75) is 4.90 Å². The molecule has 104 valence electrons. The van der Waals surface area contributed by atoms with Gasteiger partial charge in [-0.1, -0.05) is 6.07 Å². The van der Waals surface area contributed by atoms with Crippen molar-refractivity contribution in [3.63, 3.8) is 0 Å². The highest BCUT2D eigenvalue weighted by atomic mass is 32.2. The molecule has 0 spiro atoms. The Hall–Kier alpha value is -2.48. The standard InChI is InChI=1S/C12H9FN2O4S/c13-9-4-6-10(7-5-9)14-20(18,19)12-3-1-2-11(8-12)15(16)17/h1-8,14H. The molecule has 0 saturated carbocycles. The second kappa shape index (κ2) is 5.25. The lowest BCUT2D eigenvalue weighted by atomic mass is 10.3. The van der Waals surface area contributed by atoms with Gasteiger partial charge in [0.1, 0.15) is 5.82 Å². The third-order valence-electron chi connectivity index (χ3n) is 2.44. The largest absolute Gasteiger partial charge is 0.280 e. The number of nitrogens with zero attached hydrogens (tertiary/aromatic N) is 1. The SMILES string of the molecule is O=[N+]([O-])c1cccc(S(=O)(=O)Nc2ccc(F)cc2)c1. The van der Waals surface area contributed by atoms with E-state index >= 15 is 0 Å². The van der Waals surface area contributed by atoms with Gasteiger partial charge in [-0.2, -0.15) is 0 Å². The number of hydrogen-bond acceptors (Lipinski definition) is 4. The van der Waals surface area contributed by atoms with Crippen LogP contribution in [-0.2, 0) is 10.0 Å². The van der Waals surface area contributed by atoms with Crippen LogP contribution in [0, 0.1) is 15.9 Å². The zero-order chi connectivity index (χ0) is 14.8. The maximum absolute atomic E-state index is 12.7. The van der Waals surface area contributed by atoms with Gasteiger partial charge in [0.2, 0.25) is 0 Å². The summed E-state index contributed by atoms with van der Waals surface area (Å²) in [7, 11) is -3.96. The van der Waals surface area contributed by atoms with Crippen LogP contribution in [0.2, 0.25) is 0 Å². The highest BCUT2D eigenvalue weighted by Crippen LogP contribution is 2.20. The van der Waals surface area contributed by atoms with E-state index in [0.29, 0.717) is 0 Å². The number of rotatable bonds is 4. The number of nitrogens with one attached hydrogen (secondary N) is 1. The normalized spacial score (nSPS) is 11.1. The molecule has 0 aromatic heterocycles. The van der Waals surface area contributed by atoms with Crippen LogP contribution in [0.4, 0.5) is 15.8 Å². The van der Waals surface area contributed by atoms with E-state index in [1.165, 1.54) is 30.3 Å². The van der Waals surface area contributed by atoms with Crippen molar-refractivity contribution in [3.8, 4) is 0 Å². The van der Waals surface area contributed by atoms with Crippen LogP contribution in [0.1, 0.15) is 0 Å². The molecule has 2 rings (SSSR count). The minimum atomic E-state index is -3.96. The molecule has 0 aliphatic rings. The van der Waals surface area contributed by atoms with Crippen molar-refractivity contribution >= 4 is 21.4 Å². The fourth-order valence-electron chi connectivity index (χ4n) is 1.50. The predicted molar refractivity (Wildman–Crippen MR) is 70.3 cm³/mol. The van der Waals surface area contributed by atoms with Gasteiger partial charge < -0.3 is 0 Å². The number of non-ortho nitro benzene ring substituents is 1. The maximum Gasteiger partial charge on any atom is 0.270 e. The quantitative estimate of drug-likeness (QED) is 0.693. The average molecular weight is 296 g/mol. The molecule has 0 saturated heterocycles. The van der Waals surface area contributed by atoms with Crippen molar-refractivity contribution < 1.29 is 17.7 Å². The molecule has 0 bridgehead atoms. The third kappa shape index (κ3) is 3.09. The molecule has 20 heavy (non-hydrogen) atoms. The highest BCUT2D eigenvalue weighted by molar-refractivity contribution is 7.92. The Morgan fingerprint density at radius 1 is 1.10 bits per heavy atom. The number of nitro groups is 1. The molecule has 0 aliphatic carbocycles. The third-order valence-corrected chi connectivity index (χ3v) is 3.81. The average Bonchev–Trinajstić information content (AvgIpc) is 2.41. The zero-order valence-electron chi connectivity index (χ0n) is 9.99. The molecule has 1 N–H and O–H groups in total. The lowest BCUT2D eigenvalue weighted by Crippen LogP contribution is -2.13. The van der Waals surface area contributed by atoms with E-state index in [1.54, 1.807) is 0 Å². The van der Waals surface area contributed by atoms with Gasteiger partial charge in [0.05, 0.1) is 9.82 Å². The van der Waals surface area contributed by atoms with E-state index in [2.05, 4.69) is 4.72 Å². The van der Waals surface area contributed by atoms with Gasteiger partial charge in [0.15, 0.2) is 0 Å². The smallest absolute Gasteiger partial charge is 0.270 e. The monoisotopic (exact) mass is 296 g/mol. The number of hydrogen-bond donors (Lipinski definition) is 1. The first-order valence-corrected chi connectivity index (χ1v) is 6.90. The van der Waals surface area contributed by atoms with E-state index in [4.69, 9.17) is 0 Å². The van der Waals surface area contributed by atoms with E-state index in [0.717, 1.165) is 18.2 Å². The Morgan fingerprint density at radius 2 is 1.75 bits per heavy atom. The van der Waals surface area contributed by atoms with Gasteiger partial charge in [-0.15, -0.1) is 0 Å². The molecule has 0 amide bonds. The van der Waals surface area contributed by atoms with Crippen LogP contribution in [0.15, 0.2) is 53.4 Å². The molecule has 8 heteroatoms. The molecule has 0 unspecified atom stereocenters. The Bertz CT molecular complexity index is 744. The molecule has 0 aliphatic heterocycles. The molecular formula is C12H9FN2O4S. The molecule has 0 atom stereocenters. The fraction of sp³-hybridized carbons (Fsp3) is 0. The van der Waals surface area contributed by atoms with Crippen molar-refractivity contribution in [1.29, 1.82) is 0 Å². The zero-order valence-corrected chi connectivity index (χ0v) is 10.8. The van der Waals surface area contributed by atoms with E-state index in [9.17, 15) is 22.9 Å². The molecular weight excluding hydrogens is 287 g/mol. The summed E-state index contributed by atoms with van der Waals surface area (Å²) in [6.45, 7) is 0. The van der Waals surface area contributed by atoms with Crippen molar-refractivity contribution in [1.82, 2.24) is 0 Å². The first-order valence-electron chi connectivity index (χ1n) is 5.41. The van der Waals surface area contributed by atoms with Gasteiger partial charge >= 0.3 is 0 Å². The second-order valence-corrected chi connectivity index (χ2v) is 5.55. The number of nitro benzene ring substituents is 1. The van der Waals surface area contributed by atoms with E-state index in [-0.39, 0.29) is 16.3 Å². The topological polar surface area (TPSA) is 89.3 Å². The first-order chi connectivity index (χ1) is 9.38. The summed E-state index contributed by atoms with van der Waals surface area (Å²) in [4.78, 5) is 9.70. The number of benzene rings is 2. The fourth-order valence-corrected chi connectivity index (χ4v) is 2.59. The summed E-state index contributed by atoms with van der Waals surface area (Å²) < 4.78 is 39.0. The van der Waals surface area contributed by atoms with Gasteiger partial charge in [0, 0.05) is 17.8 Å². The van der Waals surface area contributed by atoms with Crippen LogP contribution in [0.3, 0.4) is 0 Å². The van der Waals surface area contributed by atoms with Gasteiger partial charge in [-0.3, -0.25) is 14.8 Å². The molecule has 0 fully saturated rings. The van der Waals surface area contributed by atoms with Crippen LogP contribution >= 0.6 is 0 Å². The molecule has 0 radical (unpaired) electrons. The number of anilines is 1. The molecule has 2 aromatic carbocycles. The minimum Gasteiger partial charge on any atom is -0.280 e. The minimum absolute atomic E-state index is 0.165. The van der Waals surface area contributed by atoms with Crippen LogP contribution in [0.25, 0.3) is 0 Å². The Labute approximate surface area is 114 Å². The first kappa shape index (κ1) is 13.9. The summed E-state index contributed by atoms with van der Waals surface area (Å²) in [6.07, 6.45) is 0. The summed E-state index contributed by atoms with van der Waals surface area (Å²) in [5.74, 6) is -0.497.